The number of hydrogen-bond donors (Lipinski definition) is 2. The summed E-state index contributed by atoms with van der Waals surface area (Å²) in [7, 11) is 0. The second kappa shape index (κ2) is 5.47. The zero-order valence-corrected chi connectivity index (χ0v) is 10.7. The van der Waals surface area contributed by atoms with Gasteiger partial charge < -0.3 is 14.9 Å². The molecule has 0 saturated heterocycles. The third kappa shape index (κ3) is 3.06. The number of nitrogens with one attached hydrogen (secondary N) is 1. The zero-order valence-electron chi connectivity index (χ0n) is 10.7. The van der Waals surface area contributed by atoms with Gasteiger partial charge in [0, 0.05) is 18.7 Å². The van der Waals surface area contributed by atoms with Crippen molar-refractivity contribution in [2.24, 2.45) is 0 Å². The summed E-state index contributed by atoms with van der Waals surface area (Å²) in [5.74, 6) is -0.136. The van der Waals surface area contributed by atoms with Gasteiger partial charge in [-0.05, 0) is 25.5 Å². The van der Waals surface area contributed by atoms with Gasteiger partial charge in [0.15, 0.2) is 6.33 Å². The molecule has 0 fully saturated rings. The number of pyridine rings is 1. The molecular formula is C12H14N4O3. The maximum absolute atomic E-state index is 11.2. The maximum atomic E-state index is 11.2. The van der Waals surface area contributed by atoms with Crippen LogP contribution in [0.5, 0.6) is 0 Å². The van der Waals surface area contributed by atoms with E-state index in [2.05, 4.69) is 20.4 Å². The molecule has 0 spiro atoms. The number of carboxylic acid groups (broad SMARTS) is 1. The Kier molecular flexibility index (Phi) is 3.74. The van der Waals surface area contributed by atoms with Gasteiger partial charge >= 0.3 is 5.97 Å². The highest BCUT2D eigenvalue weighted by molar-refractivity contribution is 5.94. The van der Waals surface area contributed by atoms with Crippen molar-refractivity contribution in [3.63, 3.8) is 0 Å². The minimum absolute atomic E-state index is 0.191. The molecule has 100 valence electrons. The molecule has 0 aliphatic rings. The lowest BCUT2D eigenvalue weighted by atomic mass is 10.1. The summed E-state index contributed by atoms with van der Waals surface area (Å²) in [6, 6.07) is 1.74. The predicted octanol–water partition coefficient (Wildman–Crippen LogP) is 1.43. The lowest BCUT2D eigenvalue weighted by molar-refractivity contribution is 0.0697. The fourth-order valence-corrected chi connectivity index (χ4v) is 1.83. The molecule has 0 saturated carbocycles. The summed E-state index contributed by atoms with van der Waals surface area (Å²) in [6.07, 6.45) is 1.83. The van der Waals surface area contributed by atoms with Gasteiger partial charge in [0.1, 0.15) is 11.4 Å². The smallest absolute Gasteiger partial charge is 0.339 e. The molecule has 2 N–H and O–H groups in total. The molecule has 0 radical (unpaired) electrons. The number of rotatable bonds is 5. The Morgan fingerprint density at radius 2 is 2.26 bits per heavy atom. The number of nitrogens with zero attached hydrogens (tertiary/aromatic N) is 3. The summed E-state index contributed by atoms with van der Waals surface area (Å²) < 4.78 is 4.86. The van der Waals surface area contributed by atoms with E-state index < -0.39 is 5.97 Å². The van der Waals surface area contributed by atoms with Crippen LogP contribution in [0.25, 0.3) is 0 Å². The summed E-state index contributed by atoms with van der Waals surface area (Å²) in [5, 5.41) is 15.7. The molecule has 0 aliphatic heterocycles. The highest BCUT2D eigenvalue weighted by Crippen LogP contribution is 2.18. The number of aromatic carboxylic acids is 1. The second-order valence-corrected chi connectivity index (χ2v) is 4.12. The van der Waals surface area contributed by atoms with E-state index >= 15 is 0 Å². The second-order valence-electron chi connectivity index (χ2n) is 4.12. The molecule has 19 heavy (non-hydrogen) atoms. The first-order valence-corrected chi connectivity index (χ1v) is 5.79. The van der Waals surface area contributed by atoms with Crippen LogP contribution in [0.4, 0.5) is 5.82 Å². The van der Waals surface area contributed by atoms with Crippen molar-refractivity contribution < 1.29 is 14.4 Å². The first kappa shape index (κ1) is 13.0. The molecule has 0 atom stereocenters. The van der Waals surface area contributed by atoms with Gasteiger partial charge in [-0.3, -0.25) is 0 Å². The molecule has 2 heterocycles. The van der Waals surface area contributed by atoms with Crippen LogP contribution in [0.3, 0.4) is 0 Å². The number of carboxylic acids is 1. The standard InChI is InChI=1S/C12H14N4O3/c1-7-5-8(2)16-11(10(7)12(17)18)13-4-3-9-14-6-15-19-9/h5-6H,3-4H2,1-2H3,(H,13,16)(H,17,18). The van der Waals surface area contributed by atoms with Crippen LogP contribution in [0.1, 0.15) is 27.5 Å². The van der Waals surface area contributed by atoms with Crippen molar-refractivity contribution in [1.82, 2.24) is 15.1 Å². The minimum atomic E-state index is -0.995. The molecule has 0 aliphatic carbocycles. The SMILES string of the molecule is Cc1cc(C)c(C(=O)O)c(NCCc2ncno2)n1. The average Bonchev–Trinajstić information content (AvgIpc) is 2.80. The number of aryl methyl sites for hydroxylation is 2. The summed E-state index contributed by atoms with van der Waals surface area (Å²) >= 11 is 0. The van der Waals surface area contributed by atoms with Crippen molar-refractivity contribution in [1.29, 1.82) is 0 Å². The minimum Gasteiger partial charge on any atom is -0.478 e. The molecule has 7 heteroatoms. The van der Waals surface area contributed by atoms with E-state index in [9.17, 15) is 9.90 Å². The van der Waals surface area contributed by atoms with Crippen molar-refractivity contribution in [2.45, 2.75) is 20.3 Å². The highest BCUT2D eigenvalue weighted by atomic mass is 16.5. The van der Waals surface area contributed by atoms with Crippen molar-refractivity contribution >= 4 is 11.8 Å². The van der Waals surface area contributed by atoms with Gasteiger partial charge in [0.2, 0.25) is 5.89 Å². The van der Waals surface area contributed by atoms with Crippen LogP contribution in [0.15, 0.2) is 16.9 Å². The lowest BCUT2D eigenvalue weighted by Gasteiger charge is -2.11. The number of anilines is 1. The Hall–Kier alpha value is -2.44. The van der Waals surface area contributed by atoms with Gasteiger partial charge in [0.25, 0.3) is 0 Å². The predicted molar refractivity (Wildman–Crippen MR) is 67.2 cm³/mol. The molecule has 0 unspecified atom stereocenters. The largest absolute Gasteiger partial charge is 0.478 e. The highest BCUT2D eigenvalue weighted by Gasteiger charge is 2.15. The quantitative estimate of drug-likeness (QED) is 0.840. The lowest BCUT2D eigenvalue weighted by Crippen LogP contribution is -2.13. The Morgan fingerprint density at radius 3 is 2.89 bits per heavy atom. The third-order valence-corrected chi connectivity index (χ3v) is 2.60. The van der Waals surface area contributed by atoms with Gasteiger partial charge in [-0.25, -0.2) is 9.78 Å². The monoisotopic (exact) mass is 262 g/mol. The normalized spacial score (nSPS) is 10.4. The van der Waals surface area contributed by atoms with Crippen LogP contribution >= 0.6 is 0 Å². The van der Waals surface area contributed by atoms with Crippen LogP contribution < -0.4 is 5.32 Å². The van der Waals surface area contributed by atoms with Crippen LogP contribution in [-0.4, -0.2) is 32.7 Å². The Morgan fingerprint density at radius 1 is 1.47 bits per heavy atom. The van der Waals surface area contributed by atoms with Gasteiger partial charge in [-0.2, -0.15) is 4.98 Å². The Bertz CT molecular complexity index is 581. The zero-order chi connectivity index (χ0) is 13.8. The van der Waals surface area contributed by atoms with Crippen LogP contribution in [0, 0.1) is 13.8 Å². The molecule has 0 aromatic carbocycles. The first-order chi connectivity index (χ1) is 9.08. The van der Waals surface area contributed by atoms with E-state index in [-0.39, 0.29) is 5.56 Å². The summed E-state index contributed by atoms with van der Waals surface area (Å²) in [5.41, 5.74) is 1.64. The molecule has 2 aromatic rings. The van der Waals surface area contributed by atoms with Crippen LogP contribution in [-0.2, 0) is 6.42 Å². The van der Waals surface area contributed by atoms with Gasteiger partial charge in [-0.15, -0.1) is 0 Å². The number of aromatic nitrogens is 3. The Labute approximate surface area is 109 Å². The van der Waals surface area contributed by atoms with E-state index in [1.807, 2.05) is 6.92 Å². The summed E-state index contributed by atoms with van der Waals surface area (Å²) in [4.78, 5) is 19.3. The number of carbonyl (C=O) groups is 1. The Balaban J connectivity index is 2.12. The fourth-order valence-electron chi connectivity index (χ4n) is 1.83. The summed E-state index contributed by atoms with van der Waals surface area (Å²) in [6.45, 7) is 4.04. The topological polar surface area (TPSA) is 101 Å². The van der Waals surface area contributed by atoms with E-state index in [0.717, 1.165) is 5.69 Å². The van der Waals surface area contributed by atoms with Gasteiger partial charge in [0.05, 0.1) is 0 Å². The molecular weight excluding hydrogens is 248 g/mol. The van der Waals surface area contributed by atoms with E-state index in [1.54, 1.807) is 13.0 Å². The maximum Gasteiger partial charge on any atom is 0.339 e. The van der Waals surface area contributed by atoms with Crippen LogP contribution in [0.2, 0.25) is 0 Å². The number of hydrogen-bond acceptors (Lipinski definition) is 6. The van der Waals surface area contributed by atoms with Gasteiger partial charge in [-0.1, -0.05) is 5.16 Å². The molecule has 2 aromatic heterocycles. The third-order valence-electron chi connectivity index (χ3n) is 2.60. The molecule has 2 rings (SSSR count). The molecule has 0 amide bonds. The average molecular weight is 262 g/mol. The van der Waals surface area contributed by atoms with Crippen molar-refractivity contribution in [3.05, 3.63) is 35.1 Å². The first-order valence-electron chi connectivity index (χ1n) is 5.79. The fraction of sp³-hybridized carbons (Fsp3) is 0.333. The van der Waals surface area contributed by atoms with E-state index in [1.165, 1.54) is 6.33 Å². The van der Waals surface area contributed by atoms with E-state index in [0.29, 0.717) is 30.2 Å². The molecule has 0 bridgehead atoms. The van der Waals surface area contributed by atoms with E-state index in [4.69, 9.17) is 4.52 Å². The van der Waals surface area contributed by atoms with Crippen molar-refractivity contribution in [2.75, 3.05) is 11.9 Å². The van der Waals surface area contributed by atoms with Crippen molar-refractivity contribution in [3.8, 4) is 0 Å². The molecule has 7 nitrogen and oxygen atoms in total.